The van der Waals surface area contributed by atoms with Crippen LogP contribution in [0.2, 0.25) is 0 Å². The molecule has 0 spiro atoms. The summed E-state index contributed by atoms with van der Waals surface area (Å²) in [6.45, 7) is 5.19. The Morgan fingerprint density at radius 3 is 2.60 bits per heavy atom. The zero-order chi connectivity index (χ0) is 20.8. The maximum Gasteiger partial charge on any atom is 0.269 e. The smallest absolute Gasteiger partial charge is 0.269 e. The van der Waals surface area contributed by atoms with Gasteiger partial charge in [0.2, 0.25) is 0 Å². The molecule has 8 heteroatoms. The second-order valence-electron chi connectivity index (χ2n) is 7.01. The van der Waals surface area contributed by atoms with Crippen LogP contribution in [0.25, 0.3) is 23.1 Å². The molecule has 2 aromatic carbocycles. The summed E-state index contributed by atoms with van der Waals surface area (Å²) in [5, 5.41) is 15.2. The Morgan fingerprint density at radius 1 is 1.07 bits per heavy atom. The lowest BCUT2D eigenvalue weighted by Crippen LogP contribution is -2.39. The summed E-state index contributed by atoms with van der Waals surface area (Å²) < 4.78 is 5.40. The summed E-state index contributed by atoms with van der Waals surface area (Å²) in [6.07, 6.45) is 3.67. The Balaban J connectivity index is 1.51. The fraction of sp³-hybridized carbons (Fsp3) is 0.273. The third kappa shape index (κ3) is 4.97. The topological polar surface area (TPSA) is 93.4 Å². The van der Waals surface area contributed by atoms with Gasteiger partial charge in [-0.2, -0.15) is 0 Å². The van der Waals surface area contributed by atoms with Crippen LogP contribution in [0, 0.1) is 10.1 Å². The van der Waals surface area contributed by atoms with Crippen molar-refractivity contribution in [3.05, 3.63) is 70.0 Å². The first-order valence-electron chi connectivity index (χ1n) is 9.92. The summed E-state index contributed by atoms with van der Waals surface area (Å²) in [7, 11) is 0. The molecule has 8 nitrogen and oxygen atoms in total. The second-order valence-corrected chi connectivity index (χ2v) is 7.01. The number of ether oxygens (including phenoxy) is 1. The van der Waals surface area contributed by atoms with E-state index in [0.717, 1.165) is 61.7 Å². The molecular formula is C22H23N5O3. The van der Waals surface area contributed by atoms with E-state index in [4.69, 9.17) is 4.74 Å². The lowest BCUT2D eigenvalue weighted by Gasteiger charge is -2.26. The van der Waals surface area contributed by atoms with Crippen LogP contribution in [0.15, 0.2) is 48.5 Å². The van der Waals surface area contributed by atoms with Crippen molar-refractivity contribution in [1.29, 1.82) is 0 Å². The number of fused-ring (bicyclic) bond motifs is 1. The maximum atomic E-state index is 10.8. The Morgan fingerprint density at radius 2 is 1.83 bits per heavy atom. The fourth-order valence-corrected chi connectivity index (χ4v) is 3.34. The van der Waals surface area contributed by atoms with Gasteiger partial charge in [0.15, 0.2) is 5.82 Å². The lowest BCUT2D eigenvalue weighted by molar-refractivity contribution is -0.384. The molecule has 1 aromatic heterocycles. The number of morpholine rings is 1. The van der Waals surface area contributed by atoms with Crippen molar-refractivity contribution in [2.75, 3.05) is 44.7 Å². The SMILES string of the molecule is O=[N+]([O-])c1ccc(/C=C/c2nc(NCCN3CCOCC3)c3ccccc3n2)cc1. The summed E-state index contributed by atoms with van der Waals surface area (Å²) in [6, 6.07) is 14.3. The molecule has 4 rings (SSSR count). The van der Waals surface area contributed by atoms with Gasteiger partial charge in [0.25, 0.3) is 5.69 Å². The molecule has 0 unspecified atom stereocenters. The summed E-state index contributed by atoms with van der Waals surface area (Å²) >= 11 is 0. The van der Waals surface area contributed by atoms with Crippen LogP contribution in [0.3, 0.4) is 0 Å². The van der Waals surface area contributed by atoms with Crippen LogP contribution in [0.1, 0.15) is 11.4 Å². The van der Waals surface area contributed by atoms with Crippen LogP contribution >= 0.6 is 0 Å². The lowest BCUT2D eigenvalue weighted by atomic mass is 10.2. The van der Waals surface area contributed by atoms with Gasteiger partial charge in [-0.05, 0) is 35.9 Å². The molecule has 0 atom stereocenters. The number of nitro groups is 1. The minimum Gasteiger partial charge on any atom is -0.379 e. The molecule has 2 heterocycles. The van der Waals surface area contributed by atoms with Crippen molar-refractivity contribution in [2.24, 2.45) is 0 Å². The van der Waals surface area contributed by atoms with Crippen molar-refractivity contribution in [3.63, 3.8) is 0 Å². The number of nitrogens with zero attached hydrogens (tertiary/aromatic N) is 4. The molecule has 1 fully saturated rings. The number of rotatable bonds is 7. The van der Waals surface area contributed by atoms with E-state index >= 15 is 0 Å². The van der Waals surface area contributed by atoms with E-state index < -0.39 is 4.92 Å². The number of benzene rings is 2. The van der Waals surface area contributed by atoms with E-state index in [9.17, 15) is 10.1 Å². The molecule has 0 bridgehead atoms. The van der Waals surface area contributed by atoms with E-state index in [1.165, 1.54) is 12.1 Å². The normalized spacial score (nSPS) is 14.9. The third-order valence-corrected chi connectivity index (χ3v) is 4.97. The number of aromatic nitrogens is 2. The average Bonchev–Trinajstić information content (AvgIpc) is 2.78. The minimum atomic E-state index is -0.408. The van der Waals surface area contributed by atoms with E-state index in [-0.39, 0.29) is 5.69 Å². The van der Waals surface area contributed by atoms with Gasteiger partial charge in [-0.25, -0.2) is 9.97 Å². The highest BCUT2D eigenvalue weighted by Gasteiger charge is 2.11. The standard InChI is InChI=1S/C22H23N5O3/c28-27(29)18-8-5-17(6-9-18)7-10-21-24-20-4-2-1-3-19(20)22(25-21)23-11-12-26-13-15-30-16-14-26/h1-10H,11-16H2,(H,23,24,25)/b10-7+. The molecule has 0 radical (unpaired) electrons. The zero-order valence-electron chi connectivity index (χ0n) is 16.5. The highest BCUT2D eigenvalue weighted by molar-refractivity contribution is 5.90. The molecule has 0 saturated carbocycles. The molecule has 0 aliphatic carbocycles. The van der Waals surface area contributed by atoms with Gasteiger partial charge >= 0.3 is 0 Å². The predicted octanol–water partition coefficient (Wildman–Crippen LogP) is 3.45. The number of hydrogen-bond acceptors (Lipinski definition) is 7. The number of hydrogen-bond donors (Lipinski definition) is 1. The highest BCUT2D eigenvalue weighted by atomic mass is 16.6. The predicted molar refractivity (Wildman–Crippen MR) is 117 cm³/mol. The van der Waals surface area contributed by atoms with Crippen LogP contribution in [-0.4, -0.2) is 59.2 Å². The van der Waals surface area contributed by atoms with Crippen molar-refractivity contribution in [3.8, 4) is 0 Å². The molecule has 1 saturated heterocycles. The molecule has 1 aliphatic rings. The van der Waals surface area contributed by atoms with Crippen LogP contribution in [0.4, 0.5) is 11.5 Å². The molecular weight excluding hydrogens is 382 g/mol. The van der Waals surface area contributed by atoms with Crippen molar-refractivity contribution in [1.82, 2.24) is 14.9 Å². The maximum absolute atomic E-state index is 10.8. The van der Waals surface area contributed by atoms with Gasteiger partial charge < -0.3 is 10.1 Å². The molecule has 3 aromatic rings. The van der Waals surface area contributed by atoms with Crippen LogP contribution < -0.4 is 5.32 Å². The van der Waals surface area contributed by atoms with Gasteiger partial charge in [-0.1, -0.05) is 18.2 Å². The number of nitrogens with one attached hydrogen (secondary N) is 1. The van der Waals surface area contributed by atoms with E-state index in [2.05, 4.69) is 20.2 Å². The second kappa shape index (κ2) is 9.43. The first-order chi connectivity index (χ1) is 14.7. The van der Waals surface area contributed by atoms with Gasteiger partial charge in [0, 0.05) is 43.7 Å². The Kier molecular flexibility index (Phi) is 6.26. The molecule has 1 N–H and O–H groups in total. The van der Waals surface area contributed by atoms with E-state index in [1.807, 2.05) is 36.4 Å². The van der Waals surface area contributed by atoms with E-state index in [1.54, 1.807) is 12.1 Å². The molecule has 1 aliphatic heterocycles. The Hall–Kier alpha value is -3.36. The third-order valence-electron chi connectivity index (χ3n) is 4.97. The monoisotopic (exact) mass is 405 g/mol. The van der Waals surface area contributed by atoms with Crippen LogP contribution in [0.5, 0.6) is 0 Å². The summed E-state index contributed by atoms with van der Waals surface area (Å²) in [5.41, 5.74) is 1.78. The van der Waals surface area contributed by atoms with Crippen molar-refractivity contribution < 1.29 is 9.66 Å². The Labute approximate surface area is 174 Å². The first-order valence-corrected chi connectivity index (χ1v) is 9.92. The van der Waals surface area contributed by atoms with Gasteiger partial charge in [0.1, 0.15) is 5.82 Å². The van der Waals surface area contributed by atoms with E-state index in [0.29, 0.717) is 5.82 Å². The number of non-ortho nitro benzene ring substituents is 1. The number of nitro benzene ring substituents is 1. The number of anilines is 1. The van der Waals surface area contributed by atoms with Gasteiger partial charge in [-0.15, -0.1) is 0 Å². The Bertz CT molecular complexity index is 1050. The number of para-hydroxylation sites is 1. The summed E-state index contributed by atoms with van der Waals surface area (Å²) in [5.74, 6) is 1.39. The van der Waals surface area contributed by atoms with Gasteiger partial charge in [0.05, 0.1) is 23.7 Å². The zero-order valence-corrected chi connectivity index (χ0v) is 16.5. The molecule has 30 heavy (non-hydrogen) atoms. The average molecular weight is 405 g/mol. The fourth-order valence-electron chi connectivity index (χ4n) is 3.34. The summed E-state index contributed by atoms with van der Waals surface area (Å²) in [4.78, 5) is 22.1. The van der Waals surface area contributed by atoms with Crippen molar-refractivity contribution >= 4 is 34.6 Å². The van der Waals surface area contributed by atoms with Crippen molar-refractivity contribution in [2.45, 2.75) is 0 Å². The van der Waals surface area contributed by atoms with Crippen LogP contribution in [-0.2, 0) is 4.74 Å². The molecule has 154 valence electrons. The largest absolute Gasteiger partial charge is 0.379 e. The molecule has 0 amide bonds. The minimum absolute atomic E-state index is 0.0702. The highest BCUT2D eigenvalue weighted by Crippen LogP contribution is 2.21. The van der Waals surface area contributed by atoms with Gasteiger partial charge in [-0.3, -0.25) is 15.0 Å². The first kappa shape index (κ1) is 19.9. The quantitative estimate of drug-likeness (QED) is 0.475.